The summed E-state index contributed by atoms with van der Waals surface area (Å²) in [6.07, 6.45) is 1.96. The van der Waals surface area contributed by atoms with Gasteiger partial charge in [-0.05, 0) is 30.2 Å². The number of rotatable bonds is 4. The van der Waals surface area contributed by atoms with Gasteiger partial charge in [-0.1, -0.05) is 30.3 Å². The predicted molar refractivity (Wildman–Crippen MR) is 59.7 cm³/mol. The number of hydrogen-bond donors (Lipinski definition) is 1. The van der Waals surface area contributed by atoms with Crippen LogP contribution in [0.15, 0.2) is 30.3 Å². The highest BCUT2D eigenvalue weighted by Crippen LogP contribution is 2.41. The van der Waals surface area contributed by atoms with E-state index in [9.17, 15) is 8.42 Å². The monoisotopic (exact) mass is 225 g/mol. The molecule has 1 aromatic rings. The van der Waals surface area contributed by atoms with E-state index in [-0.39, 0.29) is 11.7 Å². The molecule has 15 heavy (non-hydrogen) atoms. The van der Waals surface area contributed by atoms with Crippen molar-refractivity contribution in [2.45, 2.75) is 12.8 Å². The van der Waals surface area contributed by atoms with E-state index in [0.717, 1.165) is 12.8 Å². The molecule has 2 N–H and O–H groups in total. The second-order valence-electron chi connectivity index (χ2n) is 4.28. The molecule has 0 aliphatic heterocycles. The molecule has 2 rings (SSSR count). The summed E-state index contributed by atoms with van der Waals surface area (Å²) in [5.41, 5.74) is 1.28. The van der Waals surface area contributed by atoms with Crippen LogP contribution in [0, 0.1) is 11.8 Å². The number of hydrogen-bond acceptors (Lipinski definition) is 2. The molecule has 4 heteroatoms. The zero-order chi connectivity index (χ0) is 10.9. The number of primary sulfonamides is 1. The van der Waals surface area contributed by atoms with Gasteiger partial charge in [0.2, 0.25) is 10.0 Å². The van der Waals surface area contributed by atoms with Crippen molar-refractivity contribution in [2.24, 2.45) is 17.0 Å². The van der Waals surface area contributed by atoms with E-state index in [2.05, 4.69) is 12.1 Å². The van der Waals surface area contributed by atoms with Crippen LogP contribution in [0.25, 0.3) is 0 Å². The van der Waals surface area contributed by atoms with Gasteiger partial charge in [0.15, 0.2) is 0 Å². The minimum Gasteiger partial charge on any atom is -0.229 e. The molecule has 1 saturated carbocycles. The van der Waals surface area contributed by atoms with E-state index >= 15 is 0 Å². The molecule has 0 heterocycles. The summed E-state index contributed by atoms with van der Waals surface area (Å²) in [5.74, 6) is 0.927. The van der Waals surface area contributed by atoms with Crippen molar-refractivity contribution in [2.75, 3.05) is 5.75 Å². The largest absolute Gasteiger partial charge is 0.229 e. The molecule has 1 fully saturated rings. The fourth-order valence-corrected chi connectivity index (χ4v) is 2.98. The van der Waals surface area contributed by atoms with Crippen molar-refractivity contribution in [1.29, 1.82) is 0 Å². The van der Waals surface area contributed by atoms with E-state index in [1.807, 2.05) is 18.2 Å². The quantitative estimate of drug-likeness (QED) is 0.835. The van der Waals surface area contributed by atoms with Gasteiger partial charge in [0.1, 0.15) is 0 Å². The third kappa shape index (κ3) is 3.32. The molecule has 82 valence electrons. The topological polar surface area (TPSA) is 60.2 Å². The Morgan fingerprint density at radius 1 is 1.20 bits per heavy atom. The average molecular weight is 225 g/mol. The third-order valence-corrected chi connectivity index (χ3v) is 3.75. The summed E-state index contributed by atoms with van der Waals surface area (Å²) in [6.45, 7) is 0. The second kappa shape index (κ2) is 3.94. The van der Waals surface area contributed by atoms with E-state index in [1.54, 1.807) is 0 Å². The van der Waals surface area contributed by atoms with Gasteiger partial charge in [-0.25, -0.2) is 13.6 Å². The van der Waals surface area contributed by atoms with Crippen LogP contribution in [0.3, 0.4) is 0 Å². The first-order chi connectivity index (χ1) is 7.04. The average Bonchev–Trinajstić information content (AvgIpc) is 2.82. The van der Waals surface area contributed by atoms with Crippen LogP contribution >= 0.6 is 0 Å². The molecular formula is C11H15NO2S. The van der Waals surface area contributed by atoms with Gasteiger partial charge in [-0.2, -0.15) is 0 Å². The lowest BCUT2D eigenvalue weighted by molar-refractivity contribution is 0.590. The fraction of sp³-hybridized carbons (Fsp3) is 0.455. The van der Waals surface area contributed by atoms with Crippen molar-refractivity contribution >= 4 is 10.0 Å². The lowest BCUT2D eigenvalue weighted by Gasteiger charge is -1.99. The molecule has 3 nitrogen and oxygen atoms in total. The highest BCUT2D eigenvalue weighted by molar-refractivity contribution is 7.89. The molecule has 0 bridgehead atoms. The van der Waals surface area contributed by atoms with Gasteiger partial charge in [-0.15, -0.1) is 0 Å². The Bertz CT molecular complexity index is 427. The van der Waals surface area contributed by atoms with Crippen molar-refractivity contribution in [3.8, 4) is 0 Å². The van der Waals surface area contributed by atoms with Crippen molar-refractivity contribution in [3.63, 3.8) is 0 Å². The predicted octanol–water partition coefficient (Wildman–Crippen LogP) is 1.15. The van der Waals surface area contributed by atoms with E-state index in [1.165, 1.54) is 5.56 Å². The lowest BCUT2D eigenvalue weighted by Crippen LogP contribution is -2.18. The van der Waals surface area contributed by atoms with Crippen LogP contribution in [0.5, 0.6) is 0 Å². The standard InChI is InChI=1S/C11H15NO2S/c12-15(13,14)8-11-7-10(11)6-9-4-2-1-3-5-9/h1-5,10-11H,6-8H2,(H2,12,13,14). The normalized spacial score (nSPS) is 25.1. The van der Waals surface area contributed by atoms with Gasteiger partial charge in [-0.3, -0.25) is 0 Å². The summed E-state index contributed by atoms with van der Waals surface area (Å²) < 4.78 is 21.7. The maximum Gasteiger partial charge on any atom is 0.209 e. The SMILES string of the molecule is NS(=O)(=O)CC1CC1Cc1ccccc1. The van der Waals surface area contributed by atoms with Crippen molar-refractivity contribution in [3.05, 3.63) is 35.9 Å². The summed E-state index contributed by atoms with van der Waals surface area (Å²) in [6, 6.07) is 10.1. The first-order valence-electron chi connectivity index (χ1n) is 5.09. The third-order valence-electron chi connectivity index (χ3n) is 2.86. The van der Waals surface area contributed by atoms with Crippen molar-refractivity contribution in [1.82, 2.24) is 0 Å². The highest BCUT2D eigenvalue weighted by Gasteiger charge is 2.39. The Labute approximate surface area is 90.4 Å². The molecule has 2 atom stereocenters. The Morgan fingerprint density at radius 2 is 1.87 bits per heavy atom. The van der Waals surface area contributed by atoms with Gasteiger partial charge in [0, 0.05) is 0 Å². The Kier molecular flexibility index (Phi) is 2.80. The first kappa shape index (κ1) is 10.6. The highest BCUT2D eigenvalue weighted by atomic mass is 32.2. The summed E-state index contributed by atoms with van der Waals surface area (Å²) in [7, 11) is -3.29. The number of sulfonamides is 1. The number of nitrogens with two attached hydrogens (primary N) is 1. The minimum atomic E-state index is -3.29. The fourth-order valence-electron chi connectivity index (χ4n) is 1.98. The number of benzene rings is 1. The second-order valence-corrected chi connectivity index (χ2v) is 5.93. The van der Waals surface area contributed by atoms with Gasteiger partial charge in [0.05, 0.1) is 5.75 Å². The Morgan fingerprint density at radius 3 is 2.47 bits per heavy atom. The molecule has 0 saturated heterocycles. The van der Waals surface area contributed by atoms with E-state index in [4.69, 9.17) is 5.14 Å². The van der Waals surface area contributed by atoms with Crippen LogP contribution in [0.4, 0.5) is 0 Å². The minimum absolute atomic E-state index is 0.143. The molecule has 2 unspecified atom stereocenters. The van der Waals surface area contributed by atoms with E-state index < -0.39 is 10.0 Å². The van der Waals surface area contributed by atoms with Crippen LogP contribution in [-0.4, -0.2) is 14.2 Å². The van der Waals surface area contributed by atoms with Crippen LogP contribution in [-0.2, 0) is 16.4 Å². The van der Waals surface area contributed by atoms with Crippen LogP contribution in [0.2, 0.25) is 0 Å². The molecule has 1 aliphatic carbocycles. The molecule has 0 radical (unpaired) electrons. The van der Waals surface area contributed by atoms with Crippen molar-refractivity contribution < 1.29 is 8.42 Å². The van der Waals surface area contributed by atoms with Gasteiger partial charge >= 0.3 is 0 Å². The van der Waals surface area contributed by atoms with E-state index in [0.29, 0.717) is 5.92 Å². The smallest absolute Gasteiger partial charge is 0.209 e. The molecule has 0 spiro atoms. The lowest BCUT2D eigenvalue weighted by atomic mass is 10.1. The summed E-state index contributed by atoms with van der Waals surface area (Å²) >= 11 is 0. The molecule has 0 aromatic heterocycles. The Hall–Kier alpha value is -0.870. The van der Waals surface area contributed by atoms with Crippen LogP contribution in [0.1, 0.15) is 12.0 Å². The summed E-state index contributed by atoms with van der Waals surface area (Å²) in [5, 5.41) is 5.00. The summed E-state index contributed by atoms with van der Waals surface area (Å²) in [4.78, 5) is 0. The maximum atomic E-state index is 10.9. The zero-order valence-corrected chi connectivity index (χ0v) is 9.28. The molecule has 1 aromatic carbocycles. The molecule has 1 aliphatic rings. The Balaban J connectivity index is 1.86. The van der Waals surface area contributed by atoms with Crippen LogP contribution < -0.4 is 5.14 Å². The molecule has 0 amide bonds. The molecular weight excluding hydrogens is 210 g/mol. The van der Waals surface area contributed by atoms with Gasteiger partial charge in [0.25, 0.3) is 0 Å². The zero-order valence-electron chi connectivity index (χ0n) is 8.46. The van der Waals surface area contributed by atoms with Gasteiger partial charge < -0.3 is 0 Å². The maximum absolute atomic E-state index is 10.9. The first-order valence-corrected chi connectivity index (χ1v) is 6.80.